The van der Waals surface area contributed by atoms with Gasteiger partial charge in [0.25, 0.3) is 0 Å². The normalized spacial score (nSPS) is 23.9. The lowest BCUT2D eigenvalue weighted by Gasteiger charge is -2.24. The lowest BCUT2D eigenvalue weighted by Crippen LogP contribution is -2.13. The van der Waals surface area contributed by atoms with E-state index in [0.29, 0.717) is 11.1 Å². The Kier molecular flexibility index (Phi) is 3.77. The highest BCUT2D eigenvalue weighted by atomic mass is 35.5. The average molecular weight is 295 g/mol. The van der Waals surface area contributed by atoms with Gasteiger partial charge in [-0.25, -0.2) is 9.97 Å². The number of hydrogen-bond acceptors (Lipinski definition) is 3. The Balaban J connectivity index is 1.96. The SMILES string of the molecule is CCc1cc2c(Cl)nc(C3CCC(C)CC3)nc2s1. The van der Waals surface area contributed by atoms with E-state index >= 15 is 0 Å². The molecule has 0 unspecified atom stereocenters. The van der Waals surface area contributed by atoms with Crippen molar-refractivity contribution in [2.45, 2.75) is 51.9 Å². The predicted molar refractivity (Wildman–Crippen MR) is 82.2 cm³/mol. The number of nitrogens with zero attached hydrogens (tertiary/aromatic N) is 2. The molecule has 3 rings (SSSR count). The smallest absolute Gasteiger partial charge is 0.141 e. The van der Waals surface area contributed by atoms with E-state index < -0.39 is 0 Å². The van der Waals surface area contributed by atoms with Crippen molar-refractivity contribution in [1.29, 1.82) is 0 Å². The topological polar surface area (TPSA) is 25.8 Å². The van der Waals surface area contributed by atoms with Crippen LogP contribution >= 0.6 is 22.9 Å². The molecule has 0 N–H and O–H groups in total. The van der Waals surface area contributed by atoms with Crippen LogP contribution in [-0.4, -0.2) is 9.97 Å². The van der Waals surface area contributed by atoms with Crippen LogP contribution in [0.25, 0.3) is 10.2 Å². The Hall–Kier alpha value is -0.670. The van der Waals surface area contributed by atoms with Gasteiger partial charge in [0.1, 0.15) is 15.8 Å². The van der Waals surface area contributed by atoms with Crippen LogP contribution in [0.4, 0.5) is 0 Å². The van der Waals surface area contributed by atoms with Crippen molar-refractivity contribution in [1.82, 2.24) is 9.97 Å². The zero-order valence-corrected chi connectivity index (χ0v) is 13.0. The van der Waals surface area contributed by atoms with Crippen LogP contribution in [0.3, 0.4) is 0 Å². The second-order valence-corrected chi connectivity index (χ2v) is 7.09. The first-order valence-electron chi connectivity index (χ1n) is 7.13. The molecule has 2 nitrogen and oxygen atoms in total. The molecule has 2 aromatic rings. The Labute approximate surface area is 123 Å². The van der Waals surface area contributed by atoms with Crippen LogP contribution in [0.15, 0.2) is 6.07 Å². The van der Waals surface area contributed by atoms with E-state index in [1.54, 1.807) is 11.3 Å². The van der Waals surface area contributed by atoms with Crippen molar-refractivity contribution in [2.75, 3.05) is 0 Å². The molecule has 19 heavy (non-hydrogen) atoms. The highest BCUT2D eigenvalue weighted by Crippen LogP contribution is 2.36. The van der Waals surface area contributed by atoms with Crippen LogP contribution in [0.5, 0.6) is 0 Å². The summed E-state index contributed by atoms with van der Waals surface area (Å²) in [5, 5.41) is 1.66. The van der Waals surface area contributed by atoms with Crippen molar-refractivity contribution in [2.24, 2.45) is 5.92 Å². The fraction of sp³-hybridized carbons (Fsp3) is 0.600. The van der Waals surface area contributed by atoms with Gasteiger partial charge in [0.15, 0.2) is 0 Å². The minimum atomic E-state index is 0.505. The van der Waals surface area contributed by atoms with E-state index in [-0.39, 0.29) is 0 Å². The fourth-order valence-corrected chi connectivity index (χ4v) is 4.09. The number of rotatable bonds is 2. The monoisotopic (exact) mass is 294 g/mol. The lowest BCUT2D eigenvalue weighted by molar-refractivity contribution is 0.340. The molecule has 1 aliphatic carbocycles. The zero-order chi connectivity index (χ0) is 13.4. The van der Waals surface area contributed by atoms with Gasteiger partial charge in [0.2, 0.25) is 0 Å². The molecule has 102 valence electrons. The Morgan fingerprint density at radius 3 is 2.68 bits per heavy atom. The summed E-state index contributed by atoms with van der Waals surface area (Å²) in [5.74, 6) is 2.32. The highest BCUT2D eigenvalue weighted by Gasteiger charge is 2.23. The first-order chi connectivity index (χ1) is 9.17. The lowest BCUT2D eigenvalue weighted by atomic mass is 9.82. The minimum absolute atomic E-state index is 0.505. The second-order valence-electron chi connectivity index (χ2n) is 5.61. The molecule has 0 amide bonds. The van der Waals surface area contributed by atoms with Gasteiger partial charge < -0.3 is 0 Å². The summed E-state index contributed by atoms with van der Waals surface area (Å²) >= 11 is 8.09. The van der Waals surface area contributed by atoms with Gasteiger partial charge >= 0.3 is 0 Å². The molecule has 0 atom stereocenters. The van der Waals surface area contributed by atoms with E-state index in [1.807, 2.05) is 0 Å². The number of hydrogen-bond donors (Lipinski definition) is 0. The van der Waals surface area contributed by atoms with Gasteiger partial charge in [-0.3, -0.25) is 0 Å². The average Bonchev–Trinajstić information content (AvgIpc) is 2.83. The maximum Gasteiger partial charge on any atom is 0.141 e. The van der Waals surface area contributed by atoms with Crippen LogP contribution in [0.2, 0.25) is 5.15 Å². The second kappa shape index (κ2) is 5.37. The molecule has 2 heterocycles. The van der Waals surface area contributed by atoms with E-state index in [1.165, 1.54) is 30.6 Å². The van der Waals surface area contributed by atoms with Crippen molar-refractivity contribution >= 4 is 33.2 Å². The van der Waals surface area contributed by atoms with Crippen molar-refractivity contribution in [3.05, 3.63) is 21.9 Å². The molecule has 0 bridgehead atoms. The zero-order valence-electron chi connectivity index (χ0n) is 11.4. The first kappa shape index (κ1) is 13.3. The summed E-state index contributed by atoms with van der Waals surface area (Å²) in [6, 6.07) is 2.13. The summed E-state index contributed by atoms with van der Waals surface area (Å²) in [7, 11) is 0. The van der Waals surface area contributed by atoms with Crippen LogP contribution in [0, 0.1) is 5.92 Å². The van der Waals surface area contributed by atoms with Gasteiger partial charge in [-0.05, 0) is 31.2 Å². The number of thiophene rings is 1. The molecule has 1 fully saturated rings. The molecule has 0 aliphatic heterocycles. The Morgan fingerprint density at radius 1 is 1.26 bits per heavy atom. The number of aryl methyl sites for hydroxylation is 1. The van der Waals surface area contributed by atoms with Gasteiger partial charge in [-0.15, -0.1) is 11.3 Å². The van der Waals surface area contributed by atoms with Gasteiger partial charge in [-0.1, -0.05) is 38.3 Å². The molecular weight excluding hydrogens is 276 g/mol. The summed E-state index contributed by atoms with van der Waals surface area (Å²) in [6.07, 6.45) is 6.01. The van der Waals surface area contributed by atoms with E-state index in [4.69, 9.17) is 16.6 Å². The van der Waals surface area contributed by atoms with Crippen molar-refractivity contribution in [3.8, 4) is 0 Å². The number of fused-ring (bicyclic) bond motifs is 1. The Bertz CT molecular complexity index is 585. The standard InChI is InChI=1S/C15H19ClN2S/c1-3-11-8-12-13(16)17-14(18-15(12)19-11)10-6-4-9(2)5-7-10/h8-10H,3-7H2,1-2H3. The van der Waals surface area contributed by atoms with Crippen LogP contribution < -0.4 is 0 Å². The van der Waals surface area contributed by atoms with Crippen LogP contribution in [0.1, 0.15) is 56.2 Å². The summed E-state index contributed by atoms with van der Waals surface area (Å²) < 4.78 is 0. The molecular formula is C15H19ClN2S. The van der Waals surface area contributed by atoms with E-state index in [9.17, 15) is 0 Å². The third-order valence-corrected chi connectivity index (χ3v) is 5.61. The third kappa shape index (κ3) is 2.63. The summed E-state index contributed by atoms with van der Waals surface area (Å²) in [4.78, 5) is 11.7. The predicted octanol–water partition coefficient (Wildman–Crippen LogP) is 5.20. The van der Waals surface area contributed by atoms with Gasteiger partial charge in [0.05, 0.1) is 0 Å². The maximum absolute atomic E-state index is 6.34. The largest absolute Gasteiger partial charge is 0.222 e. The molecule has 4 heteroatoms. The fourth-order valence-electron chi connectivity index (χ4n) is 2.83. The number of halogens is 1. The molecule has 2 aromatic heterocycles. The Morgan fingerprint density at radius 2 is 2.00 bits per heavy atom. The van der Waals surface area contributed by atoms with Gasteiger partial charge in [-0.2, -0.15) is 0 Å². The quantitative estimate of drug-likeness (QED) is 0.711. The molecule has 0 radical (unpaired) electrons. The first-order valence-corrected chi connectivity index (χ1v) is 8.32. The maximum atomic E-state index is 6.34. The molecule has 1 aliphatic rings. The molecule has 0 aromatic carbocycles. The minimum Gasteiger partial charge on any atom is -0.222 e. The highest BCUT2D eigenvalue weighted by molar-refractivity contribution is 7.18. The van der Waals surface area contributed by atoms with Crippen LogP contribution in [-0.2, 0) is 6.42 Å². The van der Waals surface area contributed by atoms with Crippen molar-refractivity contribution in [3.63, 3.8) is 0 Å². The van der Waals surface area contributed by atoms with Gasteiger partial charge in [0, 0.05) is 16.2 Å². The van der Waals surface area contributed by atoms with Crippen molar-refractivity contribution < 1.29 is 0 Å². The van der Waals surface area contributed by atoms with E-state index in [0.717, 1.165) is 28.4 Å². The molecule has 0 saturated heterocycles. The summed E-state index contributed by atoms with van der Waals surface area (Å²) in [5.41, 5.74) is 0. The molecule has 0 spiro atoms. The van der Waals surface area contributed by atoms with E-state index in [2.05, 4.69) is 24.9 Å². The third-order valence-electron chi connectivity index (χ3n) is 4.14. The summed E-state index contributed by atoms with van der Waals surface area (Å²) in [6.45, 7) is 4.50. The molecule has 1 saturated carbocycles. The number of aromatic nitrogens is 2.